The van der Waals surface area contributed by atoms with Gasteiger partial charge in [-0.15, -0.1) is 0 Å². The van der Waals surface area contributed by atoms with Gasteiger partial charge in [0.15, 0.2) is 11.6 Å². The number of rotatable bonds is 5. The smallest absolute Gasteiger partial charge is 0.165 e. The van der Waals surface area contributed by atoms with E-state index in [-0.39, 0.29) is 17.6 Å². The highest BCUT2D eigenvalue weighted by atomic mass is 19.1. The third kappa shape index (κ3) is 3.33. The molecule has 2 atom stereocenters. The van der Waals surface area contributed by atoms with E-state index in [1.54, 1.807) is 30.3 Å². The van der Waals surface area contributed by atoms with Gasteiger partial charge < -0.3 is 10.5 Å². The molecule has 0 heterocycles. The highest BCUT2D eigenvalue weighted by Crippen LogP contribution is 2.27. The van der Waals surface area contributed by atoms with Gasteiger partial charge in [0.25, 0.3) is 0 Å². The summed E-state index contributed by atoms with van der Waals surface area (Å²) in [4.78, 5) is 0. The Kier molecular flexibility index (Phi) is 4.69. The lowest BCUT2D eigenvalue weighted by Gasteiger charge is -2.25. The van der Waals surface area contributed by atoms with Crippen LogP contribution in [0.15, 0.2) is 48.5 Å². The lowest BCUT2D eigenvalue weighted by molar-refractivity contribution is 0.163. The molecule has 0 aliphatic rings. The second-order valence-electron chi connectivity index (χ2n) is 4.59. The summed E-state index contributed by atoms with van der Waals surface area (Å²) in [6.45, 7) is 1.92. The fourth-order valence-corrected chi connectivity index (χ4v) is 1.95. The Morgan fingerprint density at radius 2 is 1.70 bits per heavy atom. The van der Waals surface area contributed by atoms with Crippen molar-refractivity contribution < 1.29 is 13.5 Å². The number of ether oxygens (including phenoxy) is 1. The molecule has 20 heavy (non-hydrogen) atoms. The zero-order valence-electron chi connectivity index (χ0n) is 11.2. The highest BCUT2D eigenvalue weighted by Gasteiger charge is 2.21. The van der Waals surface area contributed by atoms with Crippen molar-refractivity contribution in [2.24, 2.45) is 5.73 Å². The van der Waals surface area contributed by atoms with Gasteiger partial charge in [-0.2, -0.15) is 0 Å². The maximum atomic E-state index is 13.7. The molecule has 106 valence electrons. The lowest BCUT2D eigenvalue weighted by atomic mass is 10.0. The van der Waals surface area contributed by atoms with Gasteiger partial charge in [-0.25, -0.2) is 8.78 Å². The van der Waals surface area contributed by atoms with E-state index >= 15 is 0 Å². The van der Waals surface area contributed by atoms with Gasteiger partial charge in [0.05, 0.1) is 0 Å². The Hall–Kier alpha value is -1.94. The van der Waals surface area contributed by atoms with E-state index in [0.29, 0.717) is 6.42 Å². The number of benzene rings is 2. The Labute approximate surface area is 117 Å². The molecule has 0 fully saturated rings. The summed E-state index contributed by atoms with van der Waals surface area (Å²) in [5, 5.41) is 0. The molecule has 2 nitrogen and oxygen atoms in total. The van der Waals surface area contributed by atoms with Crippen LogP contribution < -0.4 is 10.5 Å². The van der Waals surface area contributed by atoms with Crippen molar-refractivity contribution in [3.05, 3.63) is 65.7 Å². The predicted octanol–water partition coefficient (Wildman–Crippen LogP) is 3.82. The molecular weight excluding hydrogens is 260 g/mol. The summed E-state index contributed by atoms with van der Waals surface area (Å²) in [6.07, 6.45) is 0.147. The van der Waals surface area contributed by atoms with E-state index in [4.69, 9.17) is 10.5 Å². The van der Waals surface area contributed by atoms with E-state index in [1.165, 1.54) is 18.2 Å². The SMILES string of the molecule is CCC(N)C(Oc1ccccc1F)c1ccc(F)cc1. The van der Waals surface area contributed by atoms with Crippen molar-refractivity contribution in [3.63, 3.8) is 0 Å². The molecule has 0 spiro atoms. The standard InChI is InChI=1S/C16H17F2NO/c1-2-14(19)16(11-7-9-12(17)10-8-11)20-15-6-4-3-5-13(15)18/h3-10,14,16H,2,19H2,1H3. The number of halogens is 2. The van der Waals surface area contributed by atoms with E-state index in [1.807, 2.05) is 6.92 Å². The molecule has 2 aromatic carbocycles. The van der Waals surface area contributed by atoms with Crippen molar-refractivity contribution in [3.8, 4) is 5.75 Å². The molecule has 0 aromatic heterocycles. The van der Waals surface area contributed by atoms with E-state index in [0.717, 1.165) is 5.56 Å². The summed E-state index contributed by atoms with van der Waals surface area (Å²) in [5.74, 6) is -0.628. The van der Waals surface area contributed by atoms with Crippen LogP contribution in [0.5, 0.6) is 5.75 Å². The monoisotopic (exact) mass is 277 g/mol. The average molecular weight is 277 g/mol. The Morgan fingerprint density at radius 1 is 1.05 bits per heavy atom. The maximum Gasteiger partial charge on any atom is 0.165 e. The van der Waals surface area contributed by atoms with Crippen LogP contribution in [0.3, 0.4) is 0 Å². The summed E-state index contributed by atoms with van der Waals surface area (Å²) in [6, 6.07) is 11.8. The van der Waals surface area contributed by atoms with Crippen molar-refractivity contribution in [1.82, 2.24) is 0 Å². The zero-order valence-corrected chi connectivity index (χ0v) is 11.2. The van der Waals surface area contributed by atoms with Gasteiger partial charge >= 0.3 is 0 Å². The maximum absolute atomic E-state index is 13.7. The molecule has 0 saturated carbocycles. The summed E-state index contributed by atoms with van der Waals surface area (Å²) < 4.78 is 32.4. The molecule has 0 saturated heterocycles. The van der Waals surface area contributed by atoms with Crippen LogP contribution >= 0.6 is 0 Å². The molecule has 2 unspecified atom stereocenters. The molecule has 0 aliphatic carbocycles. The average Bonchev–Trinajstić information content (AvgIpc) is 2.47. The molecule has 0 aliphatic heterocycles. The molecule has 2 aromatic rings. The van der Waals surface area contributed by atoms with E-state index in [2.05, 4.69) is 0 Å². The van der Waals surface area contributed by atoms with Crippen molar-refractivity contribution in [1.29, 1.82) is 0 Å². The van der Waals surface area contributed by atoms with Crippen LogP contribution in [-0.2, 0) is 0 Å². The lowest BCUT2D eigenvalue weighted by Crippen LogP contribution is -2.31. The second-order valence-corrected chi connectivity index (χ2v) is 4.59. The summed E-state index contributed by atoms with van der Waals surface area (Å²) in [7, 11) is 0. The van der Waals surface area contributed by atoms with Crippen LogP contribution in [0.2, 0.25) is 0 Å². The third-order valence-corrected chi connectivity index (χ3v) is 3.15. The van der Waals surface area contributed by atoms with Gasteiger partial charge in [0, 0.05) is 6.04 Å². The van der Waals surface area contributed by atoms with Gasteiger partial charge in [0.2, 0.25) is 0 Å². The van der Waals surface area contributed by atoms with Crippen molar-refractivity contribution >= 4 is 0 Å². The highest BCUT2D eigenvalue weighted by molar-refractivity contribution is 5.27. The van der Waals surface area contributed by atoms with Gasteiger partial charge in [-0.05, 0) is 36.2 Å². The van der Waals surface area contributed by atoms with Crippen LogP contribution in [0, 0.1) is 11.6 Å². The normalized spacial score (nSPS) is 13.8. The van der Waals surface area contributed by atoms with Crippen molar-refractivity contribution in [2.75, 3.05) is 0 Å². The first-order valence-electron chi connectivity index (χ1n) is 6.54. The Morgan fingerprint density at radius 3 is 2.30 bits per heavy atom. The Bertz CT molecular complexity index is 557. The first kappa shape index (κ1) is 14.5. The van der Waals surface area contributed by atoms with Crippen LogP contribution in [0.25, 0.3) is 0 Å². The first-order chi connectivity index (χ1) is 9.61. The van der Waals surface area contributed by atoms with Crippen LogP contribution in [0.1, 0.15) is 25.0 Å². The second kappa shape index (κ2) is 6.48. The quantitative estimate of drug-likeness (QED) is 0.901. The summed E-state index contributed by atoms with van der Waals surface area (Å²) >= 11 is 0. The van der Waals surface area contributed by atoms with Crippen LogP contribution in [0.4, 0.5) is 8.78 Å². The third-order valence-electron chi connectivity index (χ3n) is 3.15. The van der Waals surface area contributed by atoms with Crippen LogP contribution in [-0.4, -0.2) is 6.04 Å². The minimum absolute atomic E-state index is 0.144. The zero-order chi connectivity index (χ0) is 14.5. The fraction of sp³-hybridized carbons (Fsp3) is 0.250. The summed E-state index contributed by atoms with van der Waals surface area (Å²) in [5.41, 5.74) is 6.77. The van der Waals surface area contributed by atoms with E-state index < -0.39 is 11.9 Å². The predicted molar refractivity (Wildman–Crippen MR) is 74.4 cm³/mol. The van der Waals surface area contributed by atoms with Gasteiger partial charge in [-0.1, -0.05) is 31.2 Å². The number of nitrogens with two attached hydrogens (primary N) is 1. The topological polar surface area (TPSA) is 35.2 Å². The first-order valence-corrected chi connectivity index (χ1v) is 6.54. The number of para-hydroxylation sites is 1. The minimum Gasteiger partial charge on any atom is -0.481 e. The Balaban J connectivity index is 2.29. The molecule has 2 N–H and O–H groups in total. The molecule has 4 heteroatoms. The number of hydrogen-bond acceptors (Lipinski definition) is 2. The largest absolute Gasteiger partial charge is 0.481 e. The molecule has 0 radical (unpaired) electrons. The van der Waals surface area contributed by atoms with Crippen molar-refractivity contribution in [2.45, 2.75) is 25.5 Å². The number of hydrogen-bond donors (Lipinski definition) is 1. The van der Waals surface area contributed by atoms with E-state index in [9.17, 15) is 8.78 Å². The molecule has 0 amide bonds. The van der Waals surface area contributed by atoms with Gasteiger partial charge in [0.1, 0.15) is 11.9 Å². The molecule has 2 rings (SSSR count). The molecule has 0 bridgehead atoms. The minimum atomic E-state index is -0.516. The van der Waals surface area contributed by atoms with Gasteiger partial charge in [-0.3, -0.25) is 0 Å². The fourth-order valence-electron chi connectivity index (χ4n) is 1.95. The molecular formula is C16H17F2NO.